The molecular formula is C42H64O17. The van der Waals surface area contributed by atoms with Crippen molar-refractivity contribution in [1.29, 1.82) is 0 Å². The Labute approximate surface area is 343 Å². The summed E-state index contributed by atoms with van der Waals surface area (Å²) in [6.07, 6.45) is -14.4. The second kappa shape index (κ2) is 15.5. The predicted molar refractivity (Wildman–Crippen MR) is 203 cm³/mol. The Morgan fingerprint density at radius 3 is 2.02 bits per heavy atom. The van der Waals surface area contributed by atoms with Gasteiger partial charge in [0.1, 0.15) is 60.2 Å². The normalized spacial score (nSPS) is 46.9. The molecule has 2 saturated heterocycles. The first-order valence-corrected chi connectivity index (χ1v) is 20.5. The van der Waals surface area contributed by atoms with Gasteiger partial charge >= 0.3 is 0 Å². The van der Waals surface area contributed by atoms with Gasteiger partial charge in [-0.25, -0.2) is 0 Å². The average molecular weight is 841 g/mol. The predicted octanol–water partition coefficient (Wildman–Crippen LogP) is -1.07. The minimum absolute atomic E-state index is 0.0952. The van der Waals surface area contributed by atoms with Crippen LogP contribution in [0, 0.1) is 39.4 Å². The van der Waals surface area contributed by atoms with Crippen LogP contribution in [-0.2, 0) is 33.3 Å². The molecule has 10 N–H and O–H groups in total. The summed E-state index contributed by atoms with van der Waals surface area (Å²) in [6.45, 7) is 12.0. The summed E-state index contributed by atoms with van der Waals surface area (Å²) in [5.74, 6) is -3.70. The van der Waals surface area contributed by atoms with E-state index in [2.05, 4.69) is 0 Å². The van der Waals surface area contributed by atoms with Crippen LogP contribution in [0.15, 0.2) is 23.5 Å². The van der Waals surface area contributed by atoms with E-state index in [0.29, 0.717) is 12.0 Å². The fourth-order valence-corrected chi connectivity index (χ4v) is 11.7. The van der Waals surface area contributed by atoms with Crippen molar-refractivity contribution in [1.82, 2.24) is 0 Å². The number of allylic oxidation sites excluding steroid dienone is 4. The number of ketones is 3. The molecule has 2 heterocycles. The SMILES string of the molecule is CC(C)(O)CCC(=O)[C@](C)(O)[C@H]1[C@H](O)C[C@@]2(C)[C@@H]3CC=C4[C@@H](C=C(O[C@@H]5O[C@H](CO)[C@@H](O[C@H]6O[C@H](CO)[C@@H](O)[C@@H](O)[C@H]6O)[C@@H](O)[C@H]5O)C(=O)C4(C)C)[C@]3(C)C(=O)C[C@]12C. The highest BCUT2D eigenvalue weighted by molar-refractivity contribution is 6.02. The fraction of sp³-hybridized carbons (Fsp3) is 0.833. The van der Waals surface area contributed by atoms with Crippen molar-refractivity contribution >= 4 is 17.3 Å². The van der Waals surface area contributed by atoms with Gasteiger partial charge in [-0.15, -0.1) is 0 Å². The molecule has 59 heavy (non-hydrogen) atoms. The lowest BCUT2D eigenvalue weighted by atomic mass is 9.39. The topological polar surface area (TPSA) is 290 Å². The van der Waals surface area contributed by atoms with E-state index in [-0.39, 0.29) is 37.2 Å². The van der Waals surface area contributed by atoms with E-state index in [1.165, 1.54) is 13.0 Å². The smallest absolute Gasteiger partial charge is 0.229 e. The van der Waals surface area contributed by atoms with Crippen LogP contribution in [0.5, 0.6) is 0 Å². The zero-order chi connectivity index (χ0) is 44.2. The second-order valence-electron chi connectivity index (χ2n) is 19.9. The quantitative estimate of drug-likeness (QED) is 0.111. The Morgan fingerprint density at radius 2 is 1.42 bits per heavy atom. The van der Waals surface area contributed by atoms with Crippen molar-refractivity contribution in [3.63, 3.8) is 0 Å². The maximum atomic E-state index is 14.9. The summed E-state index contributed by atoms with van der Waals surface area (Å²) < 4.78 is 22.9. The van der Waals surface area contributed by atoms with E-state index >= 15 is 0 Å². The third kappa shape index (κ3) is 7.19. The molecule has 0 amide bonds. The van der Waals surface area contributed by atoms with E-state index in [4.69, 9.17) is 18.9 Å². The third-order valence-corrected chi connectivity index (χ3v) is 15.4. The zero-order valence-corrected chi connectivity index (χ0v) is 35.0. The molecule has 4 aliphatic carbocycles. The molecule has 6 rings (SSSR count). The minimum Gasteiger partial charge on any atom is -0.459 e. The molecular weight excluding hydrogens is 776 g/mol. The highest BCUT2D eigenvalue weighted by Gasteiger charge is 2.74. The van der Waals surface area contributed by atoms with E-state index in [1.54, 1.807) is 27.7 Å². The summed E-state index contributed by atoms with van der Waals surface area (Å²) in [5, 5.41) is 107. The monoisotopic (exact) mass is 840 g/mol. The maximum absolute atomic E-state index is 14.9. The van der Waals surface area contributed by atoms with Crippen LogP contribution >= 0.6 is 0 Å². The Balaban J connectivity index is 1.29. The van der Waals surface area contributed by atoms with Crippen LogP contribution in [0.3, 0.4) is 0 Å². The highest BCUT2D eigenvalue weighted by Crippen LogP contribution is 2.74. The number of Topliss-reactive ketones (excluding diaryl/α,β-unsaturated/α-hetero) is 3. The summed E-state index contributed by atoms with van der Waals surface area (Å²) >= 11 is 0. The zero-order valence-electron chi connectivity index (χ0n) is 35.0. The molecule has 0 aromatic carbocycles. The molecule has 0 unspecified atom stereocenters. The molecule has 0 radical (unpaired) electrons. The van der Waals surface area contributed by atoms with Crippen molar-refractivity contribution in [3.05, 3.63) is 23.5 Å². The molecule has 0 spiro atoms. The van der Waals surface area contributed by atoms with Gasteiger partial charge in [0.2, 0.25) is 12.1 Å². The first-order chi connectivity index (χ1) is 27.1. The Kier molecular flexibility index (Phi) is 12.2. The van der Waals surface area contributed by atoms with Gasteiger partial charge in [0.05, 0.1) is 30.3 Å². The largest absolute Gasteiger partial charge is 0.459 e. The third-order valence-electron chi connectivity index (χ3n) is 15.4. The van der Waals surface area contributed by atoms with Gasteiger partial charge in [-0.3, -0.25) is 14.4 Å². The van der Waals surface area contributed by atoms with E-state index in [1.807, 2.05) is 26.8 Å². The number of ether oxygens (including phenoxy) is 4. The molecule has 334 valence electrons. The van der Waals surface area contributed by atoms with Crippen LogP contribution in [0.25, 0.3) is 0 Å². The molecule has 0 aromatic rings. The van der Waals surface area contributed by atoms with Crippen molar-refractivity contribution in [2.24, 2.45) is 39.4 Å². The van der Waals surface area contributed by atoms with Crippen LogP contribution < -0.4 is 0 Å². The fourth-order valence-electron chi connectivity index (χ4n) is 11.7. The van der Waals surface area contributed by atoms with Gasteiger partial charge in [-0.1, -0.05) is 32.4 Å². The molecule has 2 aliphatic heterocycles. The van der Waals surface area contributed by atoms with Gasteiger partial charge in [0, 0.05) is 30.1 Å². The van der Waals surface area contributed by atoms with Crippen LogP contribution in [0.4, 0.5) is 0 Å². The van der Waals surface area contributed by atoms with Crippen LogP contribution in [0.1, 0.15) is 87.5 Å². The lowest BCUT2D eigenvalue weighted by Gasteiger charge is -2.63. The first kappa shape index (κ1) is 46.3. The summed E-state index contributed by atoms with van der Waals surface area (Å²) in [7, 11) is 0. The highest BCUT2D eigenvalue weighted by atomic mass is 16.7. The maximum Gasteiger partial charge on any atom is 0.229 e. The summed E-state index contributed by atoms with van der Waals surface area (Å²) in [4.78, 5) is 42.7. The Hall–Kier alpha value is -2.23. The molecule has 0 aromatic heterocycles. The Morgan fingerprint density at radius 1 is 0.831 bits per heavy atom. The molecule has 17 nitrogen and oxygen atoms in total. The molecule has 0 bridgehead atoms. The first-order valence-electron chi connectivity index (χ1n) is 20.5. The lowest BCUT2D eigenvalue weighted by molar-refractivity contribution is -0.356. The molecule has 6 aliphatic rings. The lowest BCUT2D eigenvalue weighted by Crippen LogP contribution is -2.65. The number of hydrogen-bond acceptors (Lipinski definition) is 17. The van der Waals surface area contributed by atoms with Gasteiger partial charge in [-0.05, 0) is 76.7 Å². The molecule has 18 atom stereocenters. The van der Waals surface area contributed by atoms with E-state index < -0.39 is 143 Å². The van der Waals surface area contributed by atoms with Crippen LogP contribution in [0.2, 0.25) is 0 Å². The van der Waals surface area contributed by atoms with E-state index in [0.717, 1.165) is 0 Å². The minimum atomic E-state index is -2.02. The Bertz CT molecular complexity index is 1710. The van der Waals surface area contributed by atoms with Gasteiger partial charge < -0.3 is 70.0 Å². The van der Waals surface area contributed by atoms with Crippen molar-refractivity contribution in [3.8, 4) is 0 Å². The average Bonchev–Trinajstić information content (AvgIpc) is 3.36. The number of fused-ring (bicyclic) bond motifs is 5. The number of carbonyl (C=O) groups excluding carboxylic acids is 3. The van der Waals surface area contributed by atoms with Gasteiger partial charge in [0.25, 0.3) is 0 Å². The molecule has 4 fully saturated rings. The van der Waals surface area contributed by atoms with Crippen molar-refractivity contribution in [2.45, 2.75) is 166 Å². The number of aliphatic hydroxyl groups is 10. The summed E-state index contributed by atoms with van der Waals surface area (Å²) in [6, 6.07) is 0. The molecule has 17 heteroatoms. The summed E-state index contributed by atoms with van der Waals surface area (Å²) in [5.41, 5.74) is -6.77. The second-order valence-corrected chi connectivity index (χ2v) is 19.9. The number of aliphatic hydroxyl groups excluding tert-OH is 8. The molecule has 2 saturated carbocycles. The van der Waals surface area contributed by atoms with Crippen molar-refractivity contribution < 1.29 is 84.4 Å². The number of rotatable bonds is 11. The number of hydrogen-bond donors (Lipinski definition) is 10. The van der Waals surface area contributed by atoms with E-state index in [9.17, 15) is 65.4 Å². The number of carbonyl (C=O) groups is 3. The standard InChI is InChI=1S/C42H64O17/c1-37(2,54)12-11-25(46)42(8,55)33-20(45)14-39(5)24-10-9-18-19(41(24,7)26(47)15-40(33,39)6)13-21(34(53)38(18,3)4)56-35-31(52)29(50)32(23(17-44)58-35)59-36-30(51)28(49)27(48)22(16-43)57-36/h9,13,19-20,22-24,27-33,35-36,43-45,48-52,54-55H,10-12,14-17H2,1-8H3/t19-,20-,22-,23-,24+,27-,28-,29+,30-,31-,32-,33+,35-,36-,39+,40-,41+,42+/m1/s1. The van der Waals surface area contributed by atoms with Crippen LogP contribution in [-0.4, -0.2) is 160 Å². The van der Waals surface area contributed by atoms with Gasteiger partial charge in [0.15, 0.2) is 17.8 Å². The van der Waals surface area contributed by atoms with Crippen molar-refractivity contribution in [2.75, 3.05) is 13.2 Å². The van der Waals surface area contributed by atoms with Gasteiger partial charge in [-0.2, -0.15) is 0 Å².